The summed E-state index contributed by atoms with van der Waals surface area (Å²) in [6.45, 7) is 1.63. The van der Waals surface area contributed by atoms with Gasteiger partial charge < -0.3 is 15.1 Å². The number of aromatic nitrogens is 1. The molecule has 1 aromatic carbocycles. The Morgan fingerprint density at radius 3 is 2.68 bits per heavy atom. The predicted octanol–water partition coefficient (Wildman–Crippen LogP) is 1.45. The number of likely N-dealkylation sites (N-methyl/N-ethyl adjacent to an activating group) is 1. The molecule has 1 aliphatic heterocycles. The topological polar surface area (TPSA) is 82.6 Å². The zero-order valence-corrected chi connectivity index (χ0v) is 14.0. The Hall–Kier alpha value is -3.22. The normalized spacial score (nSPS) is 14.2. The second-order valence-electron chi connectivity index (χ2n) is 5.93. The van der Waals surface area contributed by atoms with Gasteiger partial charge in [-0.15, -0.1) is 0 Å². The van der Waals surface area contributed by atoms with E-state index >= 15 is 0 Å². The Labute approximate surface area is 145 Å². The standard InChI is InChI=1S/C18H18N4O3/c1-12-7-8-15(19-9-12)20-16(23)10-22-14-6-4-3-5-13(14)18(25)21(2)11-17(22)24/h3-9H,10-11H2,1-2H3,(H,19,20,23). The maximum absolute atomic E-state index is 12.5. The largest absolute Gasteiger partial charge is 0.332 e. The van der Waals surface area contributed by atoms with E-state index in [9.17, 15) is 14.4 Å². The summed E-state index contributed by atoms with van der Waals surface area (Å²) in [7, 11) is 1.57. The number of para-hydroxylation sites is 1. The van der Waals surface area contributed by atoms with Crippen LogP contribution in [0.4, 0.5) is 11.5 Å². The van der Waals surface area contributed by atoms with Gasteiger partial charge in [0.1, 0.15) is 18.9 Å². The van der Waals surface area contributed by atoms with Gasteiger partial charge in [0.2, 0.25) is 11.8 Å². The van der Waals surface area contributed by atoms with Gasteiger partial charge in [-0.05, 0) is 30.7 Å². The average Bonchev–Trinajstić information content (AvgIpc) is 2.68. The Balaban J connectivity index is 1.84. The maximum Gasteiger partial charge on any atom is 0.256 e. The van der Waals surface area contributed by atoms with Gasteiger partial charge in [-0.25, -0.2) is 4.98 Å². The second kappa shape index (κ2) is 6.72. The highest BCUT2D eigenvalue weighted by Gasteiger charge is 2.30. The molecule has 0 bridgehead atoms. The number of aryl methyl sites for hydroxylation is 1. The van der Waals surface area contributed by atoms with Gasteiger partial charge in [0.25, 0.3) is 5.91 Å². The molecule has 3 rings (SSSR count). The van der Waals surface area contributed by atoms with Crippen LogP contribution in [0.15, 0.2) is 42.6 Å². The SMILES string of the molecule is Cc1ccc(NC(=O)CN2C(=O)CN(C)C(=O)c3ccccc32)nc1. The molecule has 0 spiro atoms. The monoisotopic (exact) mass is 338 g/mol. The van der Waals surface area contributed by atoms with Crippen LogP contribution in [0.5, 0.6) is 0 Å². The van der Waals surface area contributed by atoms with Crippen LogP contribution in [0.25, 0.3) is 0 Å². The molecule has 0 radical (unpaired) electrons. The minimum absolute atomic E-state index is 0.0798. The van der Waals surface area contributed by atoms with Gasteiger partial charge in [-0.3, -0.25) is 14.4 Å². The molecule has 0 atom stereocenters. The van der Waals surface area contributed by atoms with Crippen LogP contribution in [-0.4, -0.2) is 47.7 Å². The highest BCUT2D eigenvalue weighted by Crippen LogP contribution is 2.25. The quantitative estimate of drug-likeness (QED) is 0.918. The minimum atomic E-state index is -0.378. The van der Waals surface area contributed by atoms with E-state index in [1.165, 1.54) is 9.80 Å². The van der Waals surface area contributed by atoms with Crippen molar-refractivity contribution in [2.75, 3.05) is 30.4 Å². The van der Waals surface area contributed by atoms with Gasteiger partial charge in [0.15, 0.2) is 0 Å². The Kier molecular flexibility index (Phi) is 4.47. The van der Waals surface area contributed by atoms with Crippen molar-refractivity contribution in [3.63, 3.8) is 0 Å². The summed E-state index contributed by atoms with van der Waals surface area (Å²) in [6.07, 6.45) is 1.65. The van der Waals surface area contributed by atoms with Crippen molar-refractivity contribution < 1.29 is 14.4 Å². The summed E-state index contributed by atoms with van der Waals surface area (Å²) in [5.74, 6) is -0.518. The van der Waals surface area contributed by atoms with Gasteiger partial charge in [-0.1, -0.05) is 18.2 Å². The first-order valence-electron chi connectivity index (χ1n) is 7.83. The van der Waals surface area contributed by atoms with Gasteiger partial charge in [0.05, 0.1) is 11.3 Å². The van der Waals surface area contributed by atoms with Crippen molar-refractivity contribution in [1.29, 1.82) is 0 Å². The smallest absolute Gasteiger partial charge is 0.256 e. The highest BCUT2D eigenvalue weighted by atomic mass is 16.2. The first kappa shape index (κ1) is 16.6. The van der Waals surface area contributed by atoms with Crippen LogP contribution in [0, 0.1) is 6.92 Å². The number of rotatable bonds is 3. The summed E-state index contributed by atoms with van der Waals surface area (Å²) in [6, 6.07) is 10.3. The van der Waals surface area contributed by atoms with E-state index in [0.29, 0.717) is 17.1 Å². The van der Waals surface area contributed by atoms with Crippen LogP contribution >= 0.6 is 0 Å². The first-order chi connectivity index (χ1) is 12.0. The fourth-order valence-electron chi connectivity index (χ4n) is 2.63. The van der Waals surface area contributed by atoms with Crippen molar-refractivity contribution in [3.8, 4) is 0 Å². The number of anilines is 2. The molecular formula is C18H18N4O3. The molecule has 7 nitrogen and oxygen atoms in total. The molecule has 1 aromatic heterocycles. The number of benzene rings is 1. The third-order valence-electron chi connectivity index (χ3n) is 3.93. The molecule has 1 N–H and O–H groups in total. The average molecular weight is 338 g/mol. The minimum Gasteiger partial charge on any atom is -0.332 e. The molecule has 25 heavy (non-hydrogen) atoms. The van der Waals surface area contributed by atoms with Gasteiger partial charge in [0, 0.05) is 13.2 Å². The molecule has 2 heterocycles. The number of amides is 3. The highest BCUT2D eigenvalue weighted by molar-refractivity contribution is 6.11. The van der Waals surface area contributed by atoms with E-state index in [-0.39, 0.29) is 30.8 Å². The molecule has 3 amide bonds. The van der Waals surface area contributed by atoms with E-state index < -0.39 is 0 Å². The number of carbonyl (C=O) groups is 3. The van der Waals surface area contributed by atoms with Gasteiger partial charge >= 0.3 is 0 Å². The molecule has 7 heteroatoms. The lowest BCUT2D eigenvalue weighted by atomic mass is 10.1. The predicted molar refractivity (Wildman–Crippen MR) is 93.4 cm³/mol. The first-order valence-corrected chi connectivity index (χ1v) is 7.83. The lowest BCUT2D eigenvalue weighted by molar-refractivity contribution is -0.121. The van der Waals surface area contributed by atoms with Crippen LogP contribution in [0.3, 0.4) is 0 Å². The van der Waals surface area contributed by atoms with Crippen molar-refractivity contribution in [3.05, 3.63) is 53.7 Å². The van der Waals surface area contributed by atoms with Crippen LogP contribution in [0.1, 0.15) is 15.9 Å². The van der Waals surface area contributed by atoms with E-state index in [2.05, 4.69) is 10.3 Å². The molecule has 128 valence electrons. The third-order valence-corrected chi connectivity index (χ3v) is 3.93. The number of pyridine rings is 1. The third kappa shape index (κ3) is 3.50. The van der Waals surface area contributed by atoms with E-state index in [0.717, 1.165) is 5.56 Å². The lowest BCUT2D eigenvalue weighted by Gasteiger charge is -2.21. The molecule has 0 fully saturated rings. The fraction of sp³-hybridized carbons (Fsp3) is 0.222. The molecule has 1 aliphatic rings. The van der Waals surface area contributed by atoms with E-state index in [1.54, 1.807) is 43.6 Å². The van der Waals surface area contributed by atoms with Crippen LogP contribution in [-0.2, 0) is 9.59 Å². The van der Waals surface area contributed by atoms with Crippen molar-refractivity contribution in [2.45, 2.75) is 6.92 Å². The van der Waals surface area contributed by atoms with E-state index in [4.69, 9.17) is 0 Å². The Bertz CT molecular complexity index is 832. The zero-order chi connectivity index (χ0) is 18.0. The molecule has 2 aromatic rings. The summed E-state index contributed by atoms with van der Waals surface area (Å²) in [5.41, 5.74) is 1.82. The maximum atomic E-state index is 12.5. The summed E-state index contributed by atoms with van der Waals surface area (Å²) in [4.78, 5) is 44.0. The molecule has 0 unspecified atom stereocenters. The number of carbonyl (C=O) groups excluding carboxylic acids is 3. The van der Waals surface area contributed by atoms with Crippen LogP contribution < -0.4 is 10.2 Å². The van der Waals surface area contributed by atoms with Crippen LogP contribution in [0.2, 0.25) is 0 Å². The summed E-state index contributed by atoms with van der Waals surface area (Å²) in [5, 5.41) is 2.67. The van der Waals surface area contributed by atoms with Crippen molar-refractivity contribution >= 4 is 29.2 Å². The molecule has 0 saturated carbocycles. The zero-order valence-electron chi connectivity index (χ0n) is 14.0. The molecule has 0 saturated heterocycles. The van der Waals surface area contributed by atoms with E-state index in [1.807, 2.05) is 13.0 Å². The number of hydrogen-bond acceptors (Lipinski definition) is 4. The number of fused-ring (bicyclic) bond motifs is 1. The number of hydrogen-bond donors (Lipinski definition) is 1. The second-order valence-corrected chi connectivity index (χ2v) is 5.93. The number of nitrogens with one attached hydrogen (secondary N) is 1. The molecular weight excluding hydrogens is 320 g/mol. The Morgan fingerprint density at radius 1 is 1.20 bits per heavy atom. The number of nitrogens with zero attached hydrogens (tertiary/aromatic N) is 3. The summed E-state index contributed by atoms with van der Waals surface area (Å²) >= 11 is 0. The van der Waals surface area contributed by atoms with Crippen molar-refractivity contribution in [1.82, 2.24) is 9.88 Å². The lowest BCUT2D eigenvalue weighted by Crippen LogP contribution is -2.41. The fourth-order valence-corrected chi connectivity index (χ4v) is 2.63. The summed E-state index contributed by atoms with van der Waals surface area (Å²) < 4.78 is 0. The molecule has 0 aliphatic carbocycles. The van der Waals surface area contributed by atoms with Crippen molar-refractivity contribution in [2.24, 2.45) is 0 Å². The van der Waals surface area contributed by atoms with Gasteiger partial charge in [-0.2, -0.15) is 0 Å². The Morgan fingerprint density at radius 2 is 1.96 bits per heavy atom.